The Labute approximate surface area is 174 Å². The van der Waals surface area contributed by atoms with Crippen molar-refractivity contribution in [3.8, 4) is 11.5 Å². The highest BCUT2D eigenvalue weighted by Crippen LogP contribution is 2.32. The fraction of sp³-hybridized carbons (Fsp3) is 0.0909. The summed E-state index contributed by atoms with van der Waals surface area (Å²) in [5.74, 6) is 0.0804. The normalized spacial score (nSPS) is 11.4. The number of ether oxygens (including phenoxy) is 1. The number of carbonyl (C=O) groups excluding carboxylic acids is 1. The lowest BCUT2D eigenvalue weighted by Gasteiger charge is -2.08. The number of rotatable bonds is 5. The van der Waals surface area contributed by atoms with Crippen LogP contribution in [0.2, 0.25) is 0 Å². The average molecular weight is 453 g/mol. The number of amides is 1. The van der Waals surface area contributed by atoms with E-state index in [9.17, 15) is 9.90 Å². The van der Waals surface area contributed by atoms with Gasteiger partial charge in [0.05, 0.1) is 12.8 Å². The molecule has 0 bridgehead atoms. The van der Waals surface area contributed by atoms with Gasteiger partial charge in [0.1, 0.15) is 5.58 Å². The van der Waals surface area contributed by atoms with E-state index in [1.807, 2.05) is 43.3 Å². The summed E-state index contributed by atoms with van der Waals surface area (Å²) in [6.45, 7) is 2.25. The second-order valence-electron chi connectivity index (χ2n) is 6.28. The van der Waals surface area contributed by atoms with Crippen LogP contribution in [0, 0.1) is 0 Å². The summed E-state index contributed by atoms with van der Waals surface area (Å²) in [6, 6.07) is 16.6. The van der Waals surface area contributed by atoms with Crippen molar-refractivity contribution in [3.05, 3.63) is 70.4 Å². The number of hydrogen-bond donors (Lipinski definition) is 2. The van der Waals surface area contributed by atoms with Gasteiger partial charge in [-0.1, -0.05) is 30.3 Å². The summed E-state index contributed by atoms with van der Waals surface area (Å²) in [5, 5.41) is 16.8. The van der Waals surface area contributed by atoms with Crippen molar-refractivity contribution < 1.29 is 19.1 Å². The van der Waals surface area contributed by atoms with E-state index >= 15 is 0 Å². The first-order chi connectivity index (χ1) is 14.1. The van der Waals surface area contributed by atoms with Gasteiger partial charge < -0.3 is 14.3 Å². The van der Waals surface area contributed by atoms with E-state index in [4.69, 9.17) is 9.15 Å². The number of benzene rings is 3. The standard InChI is InChI=1S/C22H17BrN2O4/c1-2-28-20-9-14(17(23)11-18(20)26)12-24-25-22(27)21-10-16-15-6-4-3-5-13(15)7-8-19(16)29-21/h3-12,26H,2H2,1H3,(H,25,27)/b24-12-. The summed E-state index contributed by atoms with van der Waals surface area (Å²) < 4.78 is 11.7. The lowest BCUT2D eigenvalue weighted by Crippen LogP contribution is -2.16. The molecule has 2 N–H and O–H groups in total. The monoisotopic (exact) mass is 452 g/mol. The van der Waals surface area contributed by atoms with Crippen molar-refractivity contribution in [2.45, 2.75) is 6.92 Å². The molecule has 1 heterocycles. The van der Waals surface area contributed by atoms with Gasteiger partial charge in [-0.15, -0.1) is 0 Å². The molecule has 0 saturated heterocycles. The van der Waals surface area contributed by atoms with E-state index in [0.29, 0.717) is 28.0 Å². The molecule has 0 aliphatic heterocycles. The molecule has 0 aliphatic carbocycles. The van der Waals surface area contributed by atoms with Crippen LogP contribution in [0.3, 0.4) is 0 Å². The molecule has 4 aromatic rings. The molecule has 4 rings (SSSR count). The maximum atomic E-state index is 12.5. The topological polar surface area (TPSA) is 84.1 Å². The van der Waals surface area contributed by atoms with Crippen LogP contribution in [-0.2, 0) is 0 Å². The number of phenols is 1. The number of hydrazone groups is 1. The van der Waals surface area contributed by atoms with Gasteiger partial charge in [-0.3, -0.25) is 4.79 Å². The van der Waals surface area contributed by atoms with Crippen molar-refractivity contribution in [1.82, 2.24) is 5.43 Å². The summed E-state index contributed by atoms with van der Waals surface area (Å²) in [7, 11) is 0. The predicted molar refractivity (Wildman–Crippen MR) is 116 cm³/mol. The Balaban J connectivity index is 1.56. The lowest BCUT2D eigenvalue weighted by atomic mass is 10.1. The third kappa shape index (κ3) is 3.82. The molecular formula is C22H17BrN2O4. The quantitative estimate of drug-likeness (QED) is 0.321. The van der Waals surface area contributed by atoms with Crippen molar-refractivity contribution in [2.75, 3.05) is 6.61 Å². The van der Waals surface area contributed by atoms with Gasteiger partial charge in [-0.2, -0.15) is 5.10 Å². The van der Waals surface area contributed by atoms with Gasteiger partial charge in [0.25, 0.3) is 0 Å². The summed E-state index contributed by atoms with van der Waals surface area (Å²) in [4.78, 5) is 12.5. The van der Waals surface area contributed by atoms with E-state index in [1.165, 1.54) is 12.3 Å². The summed E-state index contributed by atoms with van der Waals surface area (Å²) in [6.07, 6.45) is 1.46. The number of carbonyl (C=O) groups is 1. The number of fused-ring (bicyclic) bond motifs is 3. The van der Waals surface area contributed by atoms with Crippen molar-refractivity contribution in [3.63, 3.8) is 0 Å². The Morgan fingerprint density at radius 2 is 2.03 bits per heavy atom. The van der Waals surface area contributed by atoms with Crippen LogP contribution < -0.4 is 10.2 Å². The van der Waals surface area contributed by atoms with Crippen molar-refractivity contribution in [1.29, 1.82) is 0 Å². The largest absolute Gasteiger partial charge is 0.504 e. The second-order valence-corrected chi connectivity index (χ2v) is 7.14. The highest BCUT2D eigenvalue weighted by molar-refractivity contribution is 9.10. The number of furan rings is 1. The minimum absolute atomic E-state index is 0.0226. The number of halogens is 1. The van der Waals surface area contributed by atoms with Gasteiger partial charge in [-0.25, -0.2) is 5.43 Å². The van der Waals surface area contributed by atoms with Gasteiger partial charge in [0.15, 0.2) is 17.3 Å². The van der Waals surface area contributed by atoms with Gasteiger partial charge in [-0.05, 0) is 57.9 Å². The molecule has 29 heavy (non-hydrogen) atoms. The Hall–Kier alpha value is -3.32. The number of aromatic hydroxyl groups is 1. The number of hydrogen-bond acceptors (Lipinski definition) is 5. The minimum atomic E-state index is -0.457. The zero-order valence-electron chi connectivity index (χ0n) is 15.5. The maximum Gasteiger partial charge on any atom is 0.307 e. The molecule has 0 atom stereocenters. The van der Waals surface area contributed by atoms with E-state index in [-0.39, 0.29) is 11.5 Å². The van der Waals surface area contributed by atoms with Crippen LogP contribution in [0.15, 0.2) is 68.6 Å². The number of nitrogens with zero attached hydrogens (tertiary/aromatic N) is 1. The van der Waals surface area contributed by atoms with Crippen LogP contribution in [-0.4, -0.2) is 23.8 Å². The molecule has 1 aromatic heterocycles. The first kappa shape index (κ1) is 19.0. The molecule has 6 nitrogen and oxygen atoms in total. The average Bonchev–Trinajstić information content (AvgIpc) is 3.16. The second kappa shape index (κ2) is 7.97. The molecule has 7 heteroatoms. The number of phenolic OH excluding ortho intramolecular Hbond substituents is 1. The Kier molecular flexibility index (Phi) is 5.22. The zero-order chi connectivity index (χ0) is 20.4. The van der Waals surface area contributed by atoms with Crippen molar-refractivity contribution >= 4 is 49.8 Å². The first-order valence-corrected chi connectivity index (χ1v) is 9.76. The van der Waals surface area contributed by atoms with Crippen molar-refractivity contribution in [2.24, 2.45) is 5.10 Å². The smallest absolute Gasteiger partial charge is 0.307 e. The van der Waals surface area contributed by atoms with Crippen LogP contribution in [0.1, 0.15) is 23.0 Å². The molecule has 146 valence electrons. The molecule has 0 fully saturated rings. The SMILES string of the molecule is CCOc1cc(/C=N\NC(=O)c2cc3c(ccc4ccccc43)o2)c(Br)cc1O. The molecule has 0 spiro atoms. The predicted octanol–water partition coefficient (Wildman–Crippen LogP) is 5.22. The van der Waals surface area contributed by atoms with E-state index in [1.54, 1.807) is 12.1 Å². The van der Waals surface area contributed by atoms with Gasteiger partial charge in [0, 0.05) is 15.4 Å². The zero-order valence-corrected chi connectivity index (χ0v) is 17.1. The molecule has 0 aliphatic rings. The molecule has 1 amide bonds. The number of nitrogens with one attached hydrogen (secondary N) is 1. The highest BCUT2D eigenvalue weighted by atomic mass is 79.9. The van der Waals surface area contributed by atoms with E-state index in [0.717, 1.165) is 16.2 Å². The molecule has 0 radical (unpaired) electrons. The summed E-state index contributed by atoms with van der Waals surface area (Å²) in [5.41, 5.74) is 3.74. The van der Waals surface area contributed by atoms with Gasteiger partial charge in [0.2, 0.25) is 0 Å². The van der Waals surface area contributed by atoms with Crippen LogP contribution in [0.4, 0.5) is 0 Å². The lowest BCUT2D eigenvalue weighted by molar-refractivity contribution is 0.0929. The molecule has 3 aromatic carbocycles. The summed E-state index contributed by atoms with van der Waals surface area (Å²) >= 11 is 3.35. The Morgan fingerprint density at radius 3 is 2.86 bits per heavy atom. The highest BCUT2D eigenvalue weighted by Gasteiger charge is 2.13. The Bertz CT molecular complexity index is 1250. The fourth-order valence-corrected chi connectivity index (χ4v) is 3.48. The maximum absolute atomic E-state index is 12.5. The molecular weight excluding hydrogens is 436 g/mol. The van der Waals surface area contributed by atoms with Crippen LogP contribution >= 0.6 is 15.9 Å². The van der Waals surface area contributed by atoms with E-state index in [2.05, 4.69) is 26.5 Å². The molecule has 0 unspecified atom stereocenters. The van der Waals surface area contributed by atoms with Gasteiger partial charge >= 0.3 is 5.91 Å². The van der Waals surface area contributed by atoms with E-state index < -0.39 is 5.91 Å². The fourth-order valence-electron chi connectivity index (χ4n) is 3.05. The first-order valence-electron chi connectivity index (χ1n) is 8.97. The minimum Gasteiger partial charge on any atom is -0.504 e. The van der Waals surface area contributed by atoms with Crippen LogP contribution in [0.25, 0.3) is 21.7 Å². The third-order valence-corrected chi connectivity index (χ3v) is 5.08. The van der Waals surface area contributed by atoms with Crippen LogP contribution in [0.5, 0.6) is 11.5 Å². The Morgan fingerprint density at radius 1 is 1.21 bits per heavy atom. The molecule has 0 saturated carbocycles. The third-order valence-electron chi connectivity index (χ3n) is 4.40.